The topological polar surface area (TPSA) is 38.2 Å². The van der Waals surface area contributed by atoms with Crippen molar-refractivity contribution < 1.29 is 9.15 Å². The normalized spacial score (nSPS) is 16.5. The van der Waals surface area contributed by atoms with Gasteiger partial charge in [0.1, 0.15) is 5.75 Å². The van der Waals surface area contributed by atoms with Crippen LogP contribution >= 0.6 is 0 Å². The fourth-order valence-corrected chi connectivity index (χ4v) is 3.38. The van der Waals surface area contributed by atoms with Gasteiger partial charge in [-0.15, -0.1) is 0 Å². The molecule has 0 saturated heterocycles. The number of furan rings is 1. The first kappa shape index (κ1) is 13.3. The van der Waals surface area contributed by atoms with E-state index in [1.807, 2.05) is 30.3 Å². The van der Waals surface area contributed by atoms with Crippen LogP contribution in [0.5, 0.6) is 5.75 Å². The van der Waals surface area contributed by atoms with E-state index in [0.29, 0.717) is 0 Å². The molecule has 1 aliphatic rings. The van der Waals surface area contributed by atoms with Gasteiger partial charge >= 0.3 is 0 Å². The molecule has 2 aromatic heterocycles. The number of fused-ring (bicyclic) bond motifs is 2. The van der Waals surface area contributed by atoms with Crippen molar-refractivity contribution in [2.75, 3.05) is 0 Å². The summed E-state index contributed by atoms with van der Waals surface area (Å²) in [6, 6.07) is 20.3. The number of benzene rings is 2. The number of para-hydroxylation sites is 2. The lowest BCUT2D eigenvalue weighted by atomic mass is 9.88. The Balaban J connectivity index is 1.73. The van der Waals surface area contributed by atoms with Crippen molar-refractivity contribution in [2.24, 2.45) is 0 Å². The van der Waals surface area contributed by atoms with E-state index in [-0.39, 0.29) is 5.92 Å². The van der Waals surface area contributed by atoms with Gasteiger partial charge in [-0.25, -0.2) is 0 Å². The highest BCUT2D eigenvalue weighted by Gasteiger charge is 2.26. The molecule has 0 radical (unpaired) electrons. The third kappa shape index (κ3) is 1.98. The van der Waals surface area contributed by atoms with E-state index in [1.165, 1.54) is 10.9 Å². The van der Waals surface area contributed by atoms with Crippen LogP contribution in [0.2, 0.25) is 0 Å². The van der Waals surface area contributed by atoms with Crippen LogP contribution in [0.1, 0.15) is 22.8 Å². The third-order valence-electron chi connectivity index (χ3n) is 4.51. The Morgan fingerprint density at radius 1 is 0.833 bits per heavy atom. The van der Waals surface area contributed by atoms with Crippen LogP contribution in [-0.4, -0.2) is 4.98 Å². The van der Waals surface area contributed by atoms with Gasteiger partial charge in [0.15, 0.2) is 11.5 Å². The molecule has 0 amide bonds. The minimum absolute atomic E-state index is 0.117. The van der Waals surface area contributed by atoms with Crippen LogP contribution in [0, 0.1) is 0 Å². The van der Waals surface area contributed by atoms with Crippen LogP contribution in [0.15, 0.2) is 83.6 Å². The second kappa shape index (κ2) is 5.17. The number of nitrogens with one attached hydrogen (secondary N) is 1. The summed E-state index contributed by atoms with van der Waals surface area (Å²) in [5.41, 5.74) is 3.55. The smallest absolute Gasteiger partial charge is 0.168 e. The van der Waals surface area contributed by atoms with E-state index in [2.05, 4.69) is 47.6 Å². The Hall–Kier alpha value is -3.20. The summed E-state index contributed by atoms with van der Waals surface area (Å²) in [7, 11) is 0. The highest BCUT2D eigenvalue weighted by Crippen LogP contribution is 2.42. The van der Waals surface area contributed by atoms with E-state index < -0.39 is 0 Å². The number of ether oxygens (including phenoxy) is 1. The number of aromatic nitrogens is 1. The molecule has 0 spiro atoms. The average Bonchev–Trinajstić information content (AvgIpc) is 3.31. The summed E-state index contributed by atoms with van der Waals surface area (Å²) >= 11 is 0. The molecular formula is C21H15NO2. The van der Waals surface area contributed by atoms with Crippen LogP contribution in [0.3, 0.4) is 0 Å². The van der Waals surface area contributed by atoms with Crippen molar-refractivity contribution >= 4 is 16.7 Å². The van der Waals surface area contributed by atoms with E-state index >= 15 is 0 Å². The molecule has 4 aromatic rings. The zero-order chi connectivity index (χ0) is 15.9. The molecule has 24 heavy (non-hydrogen) atoms. The summed E-state index contributed by atoms with van der Waals surface area (Å²) in [5.74, 6) is 2.50. The zero-order valence-corrected chi connectivity index (χ0v) is 12.9. The van der Waals surface area contributed by atoms with Gasteiger partial charge in [-0.2, -0.15) is 0 Å². The Morgan fingerprint density at radius 2 is 1.71 bits per heavy atom. The monoisotopic (exact) mass is 313 g/mol. The van der Waals surface area contributed by atoms with Crippen LogP contribution in [-0.2, 0) is 0 Å². The average molecular weight is 313 g/mol. The summed E-state index contributed by atoms with van der Waals surface area (Å²) in [4.78, 5) is 3.37. The molecular weight excluding hydrogens is 298 g/mol. The van der Waals surface area contributed by atoms with E-state index in [4.69, 9.17) is 9.15 Å². The van der Waals surface area contributed by atoms with Gasteiger partial charge in [-0.05, 0) is 35.9 Å². The summed E-state index contributed by atoms with van der Waals surface area (Å²) < 4.78 is 11.6. The Labute approximate surface area is 139 Å². The van der Waals surface area contributed by atoms with E-state index in [9.17, 15) is 0 Å². The van der Waals surface area contributed by atoms with Crippen molar-refractivity contribution in [3.05, 3.63) is 96.1 Å². The SMILES string of the molecule is C1=C(c2ccco2)Oc2ccccc2C1c1c[nH]c2ccccc12. The van der Waals surface area contributed by atoms with Gasteiger partial charge in [0.2, 0.25) is 0 Å². The van der Waals surface area contributed by atoms with Crippen molar-refractivity contribution in [2.45, 2.75) is 5.92 Å². The highest BCUT2D eigenvalue weighted by molar-refractivity contribution is 5.85. The van der Waals surface area contributed by atoms with Crippen molar-refractivity contribution in [1.29, 1.82) is 0 Å². The molecule has 2 aromatic carbocycles. The van der Waals surface area contributed by atoms with Crippen LogP contribution < -0.4 is 4.74 Å². The lowest BCUT2D eigenvalue weighted by Gasteiger charge is -2.24. The lowest BCUT2D eigenvalue weighted by Crippen LogP contribution is -2.09. The van der Waals surface area contributed by atoms with Crippen LogP contribution in [0.4, 0.5) is 0 Å². The minimum atomic E-state index is 0.117. The quantitative estimate of drug-likeness (QED) is 0.543. The first-order chi connectivity index (χ1) is 11.9. The number of aromatic amines is 1. The minimum Gasteiger partial charge on any atom is -0.461 e. The Morgan fingerprint density at radius 3 is 2.62 bits per heavy atom. The lowest BCUT2D eigenvalue weighted by molar-refractivity contribution is 0.451. The van der Waals surface area contributed by atoms with E-state index in [1.54, 1.807) is 6.26 Å². The molecule has 1 atom stereocenters. The van der Waals surface area contributed by atoms with Gasteiger partial charge in [-0.1, -0.05) is 36.4 Å². The number of H-pyrrole nitrogens is 1. The summed E-state index contributed by atoms with van der Waals surface area (Å²) in [6.45, 7) is 0. The first-order valence-corrected chi connectivity index (χ1v) is 7.98. The molecule has 5 rings (SSSR count). The predicted molar refractivity (Wildman–Crippen MR) is 93.9 cm³/mol. The fourth-order valence-electron chi connectivity index (χ4n) is 3.38. The molecule has 0 saturated carbocycles. The van der Waals surface area contributed by atoms with Gasteiger partial charge in [0, 0.05) is 28.6 Å². The maximum Gasteiger partial charge on any atom is 0.168 e. The van der Waals surface area contributed by atoms with Gasteiger partial charge in [-0.3, -0.25) is 0 Å². The second-order valence-corrected chi connectivity index (χ2v) is 5.92. The molecule has 0 fully saturated rings. The standard InChI is InChI=1S/C21H15NO2/c1-3-8-18-14(6-1)17(13-22-18)16-12-21(20-10-5-11-23-20)24-19-9-4-2-7-15(16)19/h1-13,16,22H. The maximum absolute atomic E-state index is 6.07. The van der Waals surface area contributed by atoms with E-state index in [0.717, 1.165) is 28.3 Å². The van der Waals surface area contributed by atoms with Gasteiger partial charge in [0.05, 0.1) is 6.26 Å². The number of hydrogen-bond acceptors (Lipinski definition) is 2. The molecule has 3 nitrogen and oxygen atoms in total. The molecule has 3 heterocycles. The maximum atomic E-state index is 6.07. The van der Waals surface area contributed by atoms with Crippen LogP contribution in [0.25, 0.3) is 16.7 Å². The molecule has 0 aliphatic carbocycles. The number of hydrogen-bond donors (Lipinski definition) is 1. The Bertz CT molecular complexity index is 1040. The summed E-state index contributed by atoms with van der Waals surface area (Å²) in [6.07, 6.45) is 5.89. The zero-order valence-electron chi connectivity index (χ0n) is 12.9. The number of rotatable bonds is 2. The van der Waals surface area contributed by atoms with Crippen molar-refractivity contribution in [1.82, 2.24) is 4.98 Å². The van der Waals surface area contributed by atoms with Gasteiger partial charge in [0.25, 0.3) is 0 Å². The molecule has 1 N–H and O–H groups in total. The first-order valence-electron chi connectivity index (χ1n) is 7.98. The van der Waals surface area contributed by atoms with Crippen molar-refractivity contribution in [3.63, 3.8) is 0 Å². The summed E-state index contributed by atoms with van der Waals surface area (Å²) in [5, 5.41) is 1.23. The molecule has 1 aliphatic heterocycles. The van der Waals surface area contributed by atoms with Crippen molar-refractivity contribution in [3.8, 4) is 5.75 Å². The Kier molecular flexibility index (Phi) is 2.85. The second-order valence-electron chi connectivity index (χ2n) is 5.92. The third-order valence-corrected chi connectivity index (χ3v) is 4.51. The highest BCUT2D eigenvalue weighted by atomic mass is 16.5. The molecule has 0 bridgehead atoms. The largest absolute Gasteiger partial charge is 0.461 e. The molecule has 116 valence electrons. The fraction of sp³-hybridized carbons (Fsp3) is 0.0476. The molecule has 1 unspecified atom stereocenters. The predicted octanol–water partition coefficient (Wildman–Crippen LogP) is 5.33. The number of allylic oxidation sites excluding steroid dienone is 1. The van der Waals surface area contributed by atoms with Gasteiger partial charge < -0.3 is 14.1 Å². The molecule has 3 heteroatoms.